The third-order valence-corrected chi connectivity index (χ3v) is 4.53. The lowest BCUT2D eigenvalue weighted by Crippen LogP contribution is -2.39. The predicted octanol–water partition coefficient (Wildman–Crippen LogP) is 2.98. The number of rotatable bonds is 2. The minimum absolute atomic E-state index is 0.310. The second-order valence-corrected chi connectivity index (χ2v) is 6.22. The van der Waals surface area contributed by atoms with E-state index in [-0.39, 0.29) is 0 Å². The lowest BCUT2D eigenvalue weighted by atomic mass is 9.99. The average Bonchev–Trinajstić information content (AvgIpc) is 2.86. The molecule has 1 saturated heterocycles. The summed E-state index contributed by atoms with van der Waals surface area (Å²) in [5.41, 5.74) is 4.16. The highest BCUT2D eigenvalue weighted by Crippen LogP contribution is 2.23. The molecule has 1 aliphatic carbocycles. The summed E-state index contributed by atoms with van der Waals surface area (Å²) in [7, 11) is 0. The van der Waals surface area contributed by atoms with Gasteiger partial charge in [-0.1, -0.05) is 25.1 Å². The van der Waals surface area contributed by atoms with Crippen molar-refractivity contribution in [3.63, 3.8) is 0 Å². The number of carbonyl (C=O) groups is 1. The van der Waals surface area contributed by atoms with E-state index in [1.54, 1.807) is 0 Å². The molecule has 0 aromatic heterocycles. The van der Waals surface area contributed by atoms with Gasteiger partial charge in [0.1, 0.15) is 0 Å². The van der Waals surface area contributed by atoms with E-state index in [9.17, 15) is 4.79 Å². The van der Waals surface area contributed by atoms with Crippen LogP contribution >= 0.6 is 0 Å². The smallest absolute Gasteiger partial charge is 0.226 e. The topological polar surface area (TPSA) is 20.3 Å². The van der Waals surface area contributed by atoms with Crippen LogP contribution in [-0.4, -0.2) is 23.9 Å². The zero-order chi connectivity index (χ0) is 13.2. The Hall–Kier alpha value is -1.31. The van der Waals surface area contributed by atoms with Crippen LogP contribution in [0.4, 0.5) is 0 Å². The minimum atomic E-state index is 0.310. The van der Waals surface area contributed by atoms with Crippen LogP contribution in [0.3, 0.4) is 0 Å². The fourth-order valence-corrected chi connectivity index (χ4v) is 3.44. The normalized spacial score (nSPS) is 22.4. The largest absolute Gasteiger partial charge is 0.342 e. The molecule has 1 aliphatic heterocycles. The standard InChI is InChI=1S/C17H23NO/c1-13-4-3-9-18(12-13)17(19)11-14-7-8-15-5-2-6-16(15)10-14/h7-8,10,13H,2-6,9,11-12H2,1H3. The summed E-state index contributed by atoms with van der Waals surface area (Å²) in [6, 6.07) is 6.63. The number of aryl methyl sites for hydroxylation is 2. The summed E-state index contributed by atoms with van der Waals surface area (Å²) in [6.45, 7) is 4.15. The van der Waals surface area contributed by atoms with Crippen LogP contribution in [-0.2, 0) is 24.1 Å². The molecule has 1 aromatic rings. The minimum Gasteiger partial charge on any atom is -0.342 e. The van der Waals surface area contributed by atoms with Gasteiger partial charge in [-0.3, -0.25) is 4.79 Å². The maximum absolute atomic E-state index is 12.3. The van der Waals surface area contributed by atoms with Gasteiger partial charge in [-0.2, -0.15) is 0 Å². The van der Waals surface area contributed by atoms with E-state index < -0.39 is 0 Å². The number of hydrogen-bond acceptors (Lipinski definition) is 1. The van der Waals surface area contributed by atoms with E-state index in [0.29, 0.717) is 18.2 Å². The van der Waals surface area contributed by atoms with Crippen LogP contribution in [0.2, 0.25) is 0 Å². The summed E-state index contributed by atoms with van der Waals surface area (Å²) >= 11 is 0. The molecule has 19 heavy (non-hydrogen) atoms. The molecule has 1 atom stereocenters. The Morgan fingerprint density at radius 2 is 2.11 bits per heavy atom. The molecule has 3 rings (SSSR count). The van der Waals surface area contributed by atoms with E-state index in [1.165, 1.54) is 42.4 Å². The molecule has 0 spiro atoms. The van der Waals surface area contributed by atoms with Gasteiger partial charge in [0.25, 0.3) is 0 Å². The molecule has 2 aliphatic rings. The second kappa shape index (κ2) is 5.36. The number of hydrogen-bond donors (Lipinski definition) is 0. The molecule has 1 unspecified atom stereocenters. The Bertz CT molecular complexity index is 480. The SMILES string of the molecule is CC1CCCN(C(=O)Cc2ccc3c(c2)CCC3)C1. The first-order chi connectivity index (χ1) is 9.22. The van der Waals surface area contributed by atoms with Gasteiger partial charge in [-0.25, -0.2) is 0 Å². The van der Waals surface area contributed by atoms with Crippen LogP contribution < -0.4 is 0 Å². The summed E-state index contributed by atoms with van der Waals surface area (Å²) < 4.78 is 0. The number of piperidine rings is 1. The molecular weight excluding hydrogens is 234 g/mol. The molecule has 1 amide bonds. The molecule has 2 nitrogen and oxygen atoms in total. The quantitative estimate of drug-likeness (QED) is 0.797. The second-order valence-electron chi connectivity index (χ2n) is 6.22. The molecule has 0 saturated carbocycles. The van der Waals surface area contributed by atoms with Crippen LogP contribution in [0.15, 0.2) is 18.2 Å². The first-order valence-electron chi connectivity index (χ1n) is 7.61. The van der Waals surface area contributed by atoms with Crippen molar-refractivity contribution in [1.82, 2.24) is 4.90 Å². The van der Waals surface area contributed by atoms with Crippen molar-refractivity contribution >= 4 is 5.91 Å². The Morgan fingerprint density at radius 3 is 2.95 bits per heavy atom. The van der Waals surface area contributed by atoms with Crippen molar-refractivity contribution in [3.05, 3.63) is 34.9 Å². The Balaban J connectivity index is 1.66. The van der Waals surface area contributed by atoms with Crippen molar-refractivity contribution in [3.8, 4) is 0 Å². The van der Waals surface area contributed by atoms with E-state index in [4.69, 9.17) is 0 Å². The molecule has 1 heterocycles. The van der Waals surface area contributed by atoms with Crippen LogP contribution in [0.1, 0.15) is 42.9 Å². The van der Waals surface area contributed by atoms with Gasteiger partial charge < -0.3 is 4.90 Å². The monoisotopic (exact) mass is 257 g/mol. The number of carbonyl (C=O) groups excluding carboxylic acids is 1. The van der Waals surface area contributed by atoms with Crippen LogP contribution in [0.5, 0.6) is 0 Å². The van der Waals surface area contributed by atoms with Gasteiger partial charge in [-0.05, 0) is 54.7 Å². The molecule has 0 bridgehead atoms. The van der Waals surface area contributed by atoms with E-state index in [1.807, 2.05) is 0 Å². The highest BCUT2D eigenvalue weighted by Gasteiger charge is 2.21. The molecule has 1 fully saturated rings. The summed E-state index contributed by atoms with van der Waals surface area (Å²) in [4.78, 5) is 14.4. The molecule has 102 valence electrons. The Kier molecular flexibility index (Phi) is 3.58. The van der Waals surface area contributed by atoms with Crippen molar-refractivity contribution < 1.29 is 4.79 Å². The Labute approximate surface area is 115 Å². The highest BCUT2D eigenvalue weighted by atomic mass is 16.2. The summed E-state index contributed by atoms with van der Waals surface area (Å²) in [6.07, 6.45) is 6.70. The van der Waals surface area contributed by atoms with E-state index in [2.05, 4.69) is 30.0 Å². The maximum atomic E-state index is 12.3. The lowest BCUT2D eigenvalue weighted by molar-refractivity contribution is -0.132. The van der Waals surface area contributed by atoms with Crippen molar-refractivity contribution in [2.45, 2.75) is 45.4 Å². The van der Waals surface area contributed by atoms with Crippen molar-refractivity contribution in [2.24, 2.45) is 5.92 Å². The number of likely N-dealkylation sites (tertiary alicyclic amines) is 1. The first kappa shape index (κ1) is 12.7. The first-order valence-corrected chi connectivity index (χ1v) is 7.61. The molecule has 1 aromatic carbocycles. The molecule has 0 radical (unpaired) electrons. The Morgan fingerprint density at radius 1 is 1.26 bits per heavy atom. The zero-order valence-electron chi connectivity index (χ0n) is 11.8. The van der Waals surface area contributed by atoms with Crippen molar-refractivity contribution in [1.29, 1.82) is 0 Å². The number of nitrogens with zero attached hydrogens (tertiary/aromatic N) is 1. The van der Waals surface area contributed by atoms with Crippen LogP contribution in [0.25, 0.3) is 0 Å². The lowest BCUT2D eigenvalue weighted by Gasteiger charge is -2.31. The number of benzene rings is 1. The molecule has 0 N–H and O–H groups in total. The fourth-order valence-electron chi connectivity index (χ4n) is 3.44. The van der Waals surface area contributed by atoms with Gasteiger partial charge in [0.05, 0.1) is 6.42 Å². The summed E-state index contributed by atoms with van der Waals surface area (Å²) in [5, 5.41) is 0. The van der Waals surface area contributed by atoms with Gasteiger partial charge in [-0.15, -0.1) is 0 Å². The predicted molar refractivity (Wildman–Crippen MR) is 77.1 cm³/mol. The molecular formula is C17H23NO. The number of amides is 1. The fraction of sp³-hybridized carbons (Fsp3) is 0.588. The number of fused-ring (bicyclic) bond motifs is 1. The van der Waals surface area contributed by atoms with Gasteiger partial charge in [0, 0.05) is 13.1 Å². The van der Waals surface area contributed by atoms with E-state index in [0.717, 1.165) is 19.5 Å². The zero-order valence-corrected chi connectivity index (χ0v) is 11.8. The van der Waals surface area contributed by atoms with Crippen LogP contribution in [0, 0.1) is 5.92 Å². The maximum Gasteiger partial charge on any atom is 0.226 e. The third-order valence-electron chi connectivity index (χ3n) is 4.53. The van der Waals surface area contributed by atoms with E-state index >= 15 is 0 Å². The highest BCUT2D eigenvalue weighted by molar-refractivity contribution is 5.79. The molecule has 2 heteroatoms. The van der Waals surface area contributed by atoms with Crippen molar-refractivity contribution in [2.75, 3.05) is 13.1 Å². The third kappa shape index (κ3) is 2.83. The summed E-state index contributed by atoms with van der Waals surface area (Å²) in [5.74, 6) is 0.974. The van der Waals surface area contributed by atoms with Gasteiger partial charge in [0.2, 0.25) is 5.91 Å². The van der Waals surface area contributed by atoms with Gasteiger partial charge in [0.15, 0.2) is 0 Å². The van der Waals surface area contributed by atoms with Gasteiger partial charge >= 0.3 is 0 Å². The average molecular weight is 257 g/mol.